The van der Waals surface area contributed by atoms with Crippen LogP contribution in [-0.4, -0.2) is 52.1 Å². The fraction of sp³-hybridized carbons (Fsp3) is 0.412. The van der Waals surface area contributed by atoms with Crippen LogP contribution in [0.2, 0.25) is 0 Å². The maximum absolute atomic E-state index is 5.92. The fourth-order valence-corrected chi connectivity index (χ4v) is 2.71. The zero-order chi connectivity index (χ0) is 16.8. The summed E-state index contributed by atoms with van der Waals surface area (Å²) in [5.41, 5.74) is 0.948. The molecular weight excluding hydrogens is 431 g/mol. The number of pyridine rings is 1. The third-order valence-electron chi connectivity index (χ3n) is 3.84. The van der Waals surface area contributed by atoms with Gasteiger partial charge in [-0.1, -0.05) is 6.07 Å². The Morgan fingerprint density at radius 3 is 2.92 bits per heavy atom. The maximum atomic E-state index is 5.92. The highest BCUT2D eigenvalue weighted by Gasteiger charge is 2.26. The van der Waals surface area contributed by atoms with Gasteiger partial charge in [0.15, 0.2) is 5.96 Å². The van der Waals surface area contributed by atoms with E-state index in [1.807, 2.05) is 31.2 Å². The van der Waals surface area contributed by atoms with Crippen LogP contribution in [0.15, 0.2) is 41.7 Å². The number of likely N-dealkylation sites (tertiary alicyclic amines) is 1. The van der Waals surface area contributed by atoms with Gasteiger partial charge in [-0.15, -0.1) is 24.0 Å². The average molecular weight is 454 g/mol. The number of guanidine groups is 1. The summed E-state index contributed by atoms with van der Waals surface area (Å²) in [6, 6.07) is 7.60. The Labute approximate surface area is 165 Å². The van der Waals surface area contributed by atoms with Crippen LogP contribution >= 0.6 is 24.0 Å². The second kappa shape index (κ2) is 9.50. The number of aryl methyl sites for hydroxylation is 1. The molecule has 1 aliphatic heterocycles. The summed E-state index contributed by atoms with van der Waals surface area (Å²) in [4.78, 5) is 19.3. The van der Waals surface area contributed by atoms with Crippen molar-refractivity contribution in [1.29, 1.82) is 0 Å². The molecule has 1 atom stereocenters. The number of hydrogen-bond donors (Lipinski definition) is 1. The molecule has 8 heteroatoms. The van der Waals surface area contributed by atoms with Crippen molar-refractivity contribution in [3.63, 3.8) is 0 Å². The molecule has 0 amide bonds. The highest BCUT2D eigenvalue weighted by atomic mass is 127. The molecule has 1 aliphatic rings. The third kappa shape index (κ3) is 5.52. The number of aromatic nitrogens is 3. The van der Waals surface area contributed by atoms with Crippen LogP contribution in [0, 0.1) is 6.92 Å². The Kier molecular flexibility index (Phi) is 7.35. The van der Waals surface area contributed by atoms with E-state index < -0.39 is 0 Å². The smallest absolute Gasteiger partial charge is 0.213 e. The molecule has 3 heterocycles. The lowest BCUT2D eigenvalue weighted by Crippen LogP contribution is -2.40. The Balaban J connectivity index is 0.00000225. The summed E-state index contributed by atoms with van der Waals surface area (Å²) in [6.45, 7) is 4.20. The standard InChI is InChI=1S/C17H22N6O.HI/c1-13-19-9-6-14(22-13)11-21-17(18-2)23-10-7-15(12-23)24-16-5-3-4-8-20-16;/h3-6,8-9,15H,7,10-12H2,1-2H3,(H,18,21);1H. The van der Waals surface area contributed by atoms with Gasteiger partial charge in [0.25, 0.3) is 0 Å². The fourth-order valence-electron chi connectivity index (χ4n) is 2.71. The number of rotatable bonds is 4. The molecule has 0 aliphatic carbocycles. The molecule has 0 bridgehead atoms. The molecular formula is C17H23IN6O. The summed E-state index contributed by atoms with van der Waals surface area (Å²) in [7, 11) is 1.79. The third-order valence-corrected chi connectivity index (χ3v) is 3.84. The number of nitrogens with zero attached hydrogens (tertiary/aromatic N) is 5. The second-order valence-corrected chi connectivity index (χ2v) is 5.64. The lowest BCUT2D eigenvalue weighted by atomic mass is 10.3. The predicted octanol–water partition coefficient (Wildman–Crippen LogP) is 2.03. The highest BCUT2D eigenvalue weighted by molar-refractivity contribution is 14.0. The zero-order valence-electron chi connectivity index (χ0n) is 14.4. The Morgan fingerprint density at radius 2 is 2.20 bits per heavy atom. The van der Waals surface area contributed by atoms with E-state index in [1.165, 1.54) is 0 Å². The van der Waals surface area contributed by atoms with Crippen LogP contribution in [0.3, 0.4) is 0 Å². The summed E-state index contributed by atoms with van der Waals surface area (Å²) >= 11 is 0. The lowest BCUT2D eigenvalue weighted by molar-refractivity contribution is 0.205. The number of halogens is 1. The van der Waals surface area contributed by atoms with Gasteiger partial charge in [0.05, 0.1) is 18.8 Å². The van der Waals surface area contributed by atoms with Gasteiger partial charge >= 0.3 is 0 Å². The molecule has 2 aromatic heterocycles. The van der Waals surface area contributed by atoms with Crippen molar-refractivity contribution in [3.8, 4) is 5.88 Å². The monoisotopic (exact) mass is 454 g/mol. The minimum Gasteiger partial charge on any atom is -0.472 e. The Hall–Kier alpha value is -1.97. The first kappa shape index (κ1) is 19.4. The largest absolute Gasteiger partial charge is 0.472 e. The first-order chi connectivity index (χ1) is 11.7. The van der Waals surface area contributed by atoms with Gasteiger partial charge in [-0.3, -0.25) is 4.99 Å². The number of hydrogen-bond acceptors (Lipinski definition) is 5. The molecule has 25 heavy (non-hydrogen) atoms. The van der Waals surface area contributed by atoms with Crippen molar-refractivity contribution in [2.45, 2.75) is 26.0 Å². The van der Waals surface area contributed by atoms with Crippen molar-refractivity contribution >= 4 is 29.9 Å². The number of ether oxygens (including phenoxy) is 1. The minimum atomic E-state index is 0. The maximum Gasteiger partial charge on any atom is 0.213 e. The second-order valence-electron chi connectivity index (χ2n) is 5.64. The van der Waals surface area contributed by atoms with Crippen molar-refractivity contribution in [2.24, 2.45) is 4.99 Å². The molecule has 1 saturated heterocycles. The Morgan fingerprint density at radius 1 is 1.32 bits per heavy atom. The molecule has 134 valence electrons. The first-order valence-corrected chi connectivity index (χ1v) is 8.06. The zero-order valence-corrected chi connectivity index (χ0v) is 16.8. The molecule has 1 N–H and O–H groups in total. The van der Waals surface area contributed by atoms with E-state index in [4.69, 9.17) is 4.74 Å². The van der Waals surface area contributed by atoms with Crippen LogP contribution in [0.25, 0.3) is 0 Å². The average Bonchev–Trinajstić information content (AvgIpc) is 3.05. The molecule has 0 aromatic carbocycles. The van der Waals surface area contributed by atoms with E-state index in [2.05, 4.69) is 30.2 Å². The van der Waals surface area contributed by atoms with E-state index in [0.29, 0.717) is 12.4 Å². The van der Waals surface area contributed by atoms with Crippen molar-refractivity contribution in [2.75, 3.05) is 20.1 Å². The van der Waals surface area contributed by atoms with Crippen molar-refractivity contribution < 1.29 is 4.74 Å². The number of nitrogens with one attached hydrogen (secondary N) is 1. The van der Waals surface area contributed by atoms with Gasteiger partial charge in [-0.2, -0.15) is 0 Å². The van der Waals surface area contributed by atoms with Gasteiger partial charge in [0, 0.05) is 38.5 Å². The molecule has 7 nitrogen and oxygen atoms in total. The van der Waals surface area contributed by atoms with Gasteiger partial charge in [0.1, 0.15) is 11.9 Å². The van der Waals surface area contributed by atoms with Gasteiger partial charge < -0.3 is 15.0 Å². The van der Waals surface area contributed by atoms with Crippen molar-refractivity contribution in [1.82, 2.24) is 25.2 Å². The summed E-state index contributed by atoms with van der Waals surface area (Å²) in [5.74, 6) is 2.30. The van der Waals surface area contributed by atoms with Crippen LogP contribution < -0.4 is 10.1 Å². The van der Waals surface area contributed by atoms with Crippen LogP contribution in [-0.2, 0) is 6.54 Å². The Bertz CT molecular complexity index is 697. The quantitative estimate of drug-likeness (QED) is 0.433. The molecule has 1 unspecified atom stereocenters. The first-order valence-electron chi connectivity index (χ1n) is 8.06. The van der Waals surface area contributed by atoms with Gasteiger partial charge in [-0.05, 0) is 19.1 Å². The van der Waals surface area contributed by atoms with E-state index in [-0.39, 0.29) is 30.1 Å². The summed E-state index contributed by atoms with van der Waals surface area (Å²) < 4.78 is 5.92. The molecule has 3 rings (SSSR count). The normalized spacial score (nSPS) is 17.1. The van der Waals surface area contributed by atoms with Crippen molar-refractivity contribution in [3.05, 3.63) is 48.2 Å². The highest BCUT2D eigenvalue weighted by Crippen LogP contribution is 2.16. The predicted molar refractivity (Wildman–Crippen MR) is 107 cm³/mol. The van der Waals surface area contributed by atoms with Crippen LogP contribution in [0.5, 0.6) is 5.88 Å². The van der Waals surface area contributed by atoms with Crippen LogP contribution in [0.4, 0.5) is 0 Å². The SMILES string of the molecule is CN=C(NCc1ccnc(C)n1)N1CCC(Oc2ccccn2)C1.I. The molecule has 0 spiro atoms. The molecule has 0 saturated carbocycles. The number of aliphatic imine (C=N–C) groups is 1. The van der Waals surface area contributed by atoms with Gasteiger partial charge in [0.2, 0.25) is 5.88 Å². The van der Waals surface area contributed by atoms with E-state index >= 15 is 0 Å². The van der Waals surface area contributed by atoms with Gasteiger partial charge in [-0.25, -0.2) is 15.0 Å². The van der Waals surface area contributed by atoms with E-state index in [9.17, 15) is 0 Å². The van der Waals surface area contributed by atoms with Crippen LogP contribution in [0.1, 0.15) is 17.9 Å². The molecule has 0 radical (unpaired) electrons. The minimum absolute atomic E-state index is 0. The summed E-state index contributed by atoms with van der Waals surface area (Å²) in [6.07, 6.45) is 4.59. The summed E-state index contributed by atoms with van der Waals surface area (Å²) in [5, 5.41) is 3.35. The molecule has 2 aromatic rings. The lowest BCUT2D eigenvalue weighted by Gasteiger charge is -2.21. The molecule has 1 fully saturated rings. The topological polar surface area (TPSA) is 75.5 Å². The van der Waals surface area contributed by atoms with E-state index in [0.717, 1.165) is 37.0 Å². The van der Waals surface area contributed by atoms with E-state index in [1.54, 1.807) is 19.4 Å².